The Morgan fingerprint density at radius 1 is 1.00 bits per heavy atom. The van der Waals surface area contributed by atoms with Crippen molar-refractivity contribution in [3.8, 4) is 0 Å². The predicted molar refractivity (Wildman–Crippen MR) is 75.5 cm³/mol. The summed E-state index contributed by atoms with van der Waals surface area (Å²) in [4.78, 5) is 5.09. The highest BCUT2D eigenvalue weighted by Crippen LogP contribution is 2.29. The summed E-state index contributed by atoms with van der Waals surface area (Å²) in [5, 5.41) is 3.46. The fourth-order valence-corrected chi connectivity index (χ4v) is 2.73. The maximum atomic E-state index is 3.46. The van der Waals surface area contributed by atoms with Crippen LogP contribution in [0.3, 0.4) is 0 Å². The average molecular weight is 241 g/mol. The standard InChI is InChI=1S/C12H25N3.C2H6/c1-12(3-5-13-6-4-12)11-15-9-7-14(2)8-10-15;1-2/h13H,3-11H2,1-2H3;1-2H3. The van der Waals surface area contributed by atoms with Gasteiger partial charge in [-0.15, -0.1) is 0 Å². The number of hydrogen-bond donors (Lipinski definition) is 1. The SMILES string of the molecule is CC.CN1CCN(CC2(C)CCNCC2)CC1. The van der Waals surface area contributed by atoms with E-state index in [0.29, 0.717) is 5.41 Å². The van der Waals surface area contributed by atoms with E-state index in [1.807, 2.05) is 13.8 Å². The van der Waals surface area contributed by atoms with Crippen molar-refractivity contribution < 1.29 is 0 Å². The molecule has 3 nitrogen and oxygen atoms in total. The third-order valence-corrected chi connectivity index (χ3v) is 4.01. The molecule has 2 fully saturated rings. The minimum Gasteiger partial charge on any atom is -0.317 e. The molecule has 1 N–H and O–H groups in total. The summed E-state index contributed by atoms with van der Waals surface area (Å²) in [5.41, 5.74) is 0.571. The zero-order chi connectivity index (χ0) is 12.7. The normalized spacial score (nSPS) is 26.1. The lowest BCUT2D eigenvalue weighted by Gasteiger charge is -2.41. The second-order valence-electron chi connectivity index (χ2n) is 5.64. The van der Waals surface area contributed by atoms with E-state index >= 15 is 0 Å². The van der Waals surface area contributed by atoms with Gasteiger partial charge in [0, 0.05) is 32.7 Å². The van der Waals surface area contributed by atoms with Gasteiger partial charge in [-0.2, -0.15) is 0 Å². The van der Waals surface area contributed by atoms with Gasteiger partial charge < -0.3 is 15.1 Å². The summed E-state index contributed by atoms with van der Waals surface area (Å²) in [6.45, 7) is 15.2. The summed E-state index contributed by atoms with van der Waals surface area (Å²) in [7, 11) is 2.23. The van der Waals surface area contributed by atoms with Gasteiger partial charge in [-0.25, -0.2) is 0 Å². The van der Waals surface area contributed by atoms with Gasteiger partial charge in [0.05, 0.1) is 0 Å². The van der Waals surface area contributed by atoms with E-state index in [2.05, 4.69) is 29.1 Å². The van der Waals surface area contributed by atoms with E-state index < -0.39 is 0 Å². The number of hydrogen-bond acceptors (Lipinski definition) is 3. The Hall–Kier alpha value is -0.120. The minimum absolute atomic E-state index is 0.571. The number of nitrogens with one attached hydrogen (secondary N) is 1. The van der Waals surface area contributed by atoms with Crippen LogP contribution in [0.25, 0.3) is 0 Å². The first-order valence-corrected chi connectivity index (χ1v) is 7.30. The highest BCUT2D eigenvalue weighted by molar-refractivity contribution is 4.85. The smallest absolute Gasteiger partial charge is 0.0110 e. The minimum atomic E-state index is 0.571. The first-order valence-electron chi connectivity index (χ1n) is 7.30. The van der Waals surface area contributed by atoms with E-state index in [0.717, 1.165) is 0 Å². The van der Waals surface area contributed by atoms with Crippen molar-refractivity contribution in [1.82, 2.24) is 15.1 Å². The second kappa shape index (κ2) is 7.34. The third kappa shape index (κ3) is 4.94. The fourth-order valence-electron chi connectivity index (χ4n) is 2.73. The van der Waals surface area contributed by atoms with Crippen LogP contribution >= 0.6 is 0 Å². The van der Waals surface area contributed by atoms with Crippen LogP contribution in [0.4, 0.5) is 0 Å². The fraction of sp³-hybridized carbons (Fsp3) is 1.00. The van der Waals surface area contributed by atoms with Crippen LogP contribution in [0.1, 0.15) is 33.6 Å². The number of piperazine rings is 1. The van der Waals surface area contributed by atoms with Crippen LogP contribution in [0.5, 0.6) is 0 Å². The molecule has 2 heterocycles. The molecule has 0 radical (unpaired) electrons. The van der Waals surface area contributed by atoms with Gasteiger partial charge >= 0.3 is 0 Å². The molecule has 0 bridgehead atoms. The lowest BCUT2D eigenvalue weighted by atomic mass is 9.80. The lowest BCUT2D eigenvalue weighted by Crippen LogP contribution is -2.50. The largest absolute Gasteiger partial charge is 0.317 e. The molecule has 0 saturated carbocycles. The van der Waals surface area contributed by atoms with E-state index in [1.54, 1.807) is 0 Å². The molecule has 0 spiro atoms. The summed E-state index contributed by atoms with van der Waals surface area (Å²) in [6, 6.07) is 0. The van der Waals surface area contributed by atoms with E-state index in [9.17, 15) is 0 Å². The van der Waals surface area contributed by atoms with Crippen molar-refractivity contribution in [3.05, 3.63) is 0 Å². The van der Waals surface area contributed by atoms with Gasteiger partial charge in [-0.05, 0) is 38.4 Å². The molecule has 0 unspecified atom stereocenters. The van der Waals surface area contributed by atoms with Crippen LogP contribution < -0.4 is 5.32 Å². The topological polar surface area (TPSA) is 18.5 Å². The summed E-state index contributed by atoms with van der Waals surface area (Å²) < 4.78 is 0. The predicted octanol–water partition coefficient (Wildman–Crippen LogP) is 1.65. The number of rotatable bonds is 2. The second-order valence-corrected chi connectivity index (χ2v) is 5.64. The zero-order valence-corrected chi connectivity index (χ0v) is 12.3. The van der Waals surface area contributed by atoms with Gasteiger partial charge in [-0.3, -0.25) is 0 Å². The van der Waals surface area contributed by atoms with Gasteiger partial charge in [0.25, 0.3) is 0 Å². The van der Waals surface area contributed by atoms with Crippen molar-refractivity contribution in [3.63, 3.8) is 0 Å². The molecule has 17 heavy (non-hydrogen) atoms. The highest BCUT2D eigenvalue weighted by Gasteiger charge is 2.29. The molecule has 2 saturated heterocycles. The monoisotopic (exact) mass is 241 g/mol. The highest BCUT2D eigenvalue weighted by atomic mass is 15.2. The number of likely N-dealkylation sites (N-methyl/N-ethyl adjacent to an activating group) is 1. The number of nitrogens with zero attached hydrogens (tertiary/aromatic N) is 2. The lowest BCUT2D eigenvalue weighted by molar-refractivity contribution is 0.0855. The quantitative estimate of drug-likeness (QED) is 0.793. The van der Waals surface area contributed by atoms with Crippen LogP contribution in [0.15, 0.2) is 0 Å². The number of piperidine rings is 1. The Bertz CT molecular complexity index is 192. The molecular weight excluding hydrogens is 210 g/mol. The van der Waals surface area contributed by atoms with Crippen molar-refractivity contribution >= 4 is 0 Å². The molecule has 3 heteroatoms. The maximum absolute atomic E-state index is 3.46. The Labute approximate surface area is 108 Å². The zero-order valence-electron chi connectivity index (χ0n) is 12.3. The van der Waals surface area contributed by atoms with Gasteiger partial charge in [0.1, 0.15) is 0 Å². The van der Waals surface area contributed by atoms with Crippen molar-refractivity contribution in [2.24, 2.45) is 5.41 Å². The Balaban J connectivity index is 0.000000686. The molecule has 2 aliphatic rings. The molecule has 2 aliphatic heterocycles. The van der Waals surface area contributed by atoms with Gasteiger partial charge in [0.2, 0.25) is 0 Å². The van der Waals surface area contributed by atoms with Crippen molar-refractivity contribution in [2.75, 3.05) is 52.9 Å². The van der Waals surface area contributed by atoms with Crippen molar-refractivity contribution in [1.29, 1.82) is 0 Å². The molecule has 2 rings (SSSR count). The Morgan fingerprint density at radius 2 is 1.53 bits per heavy atom. The molecule has 0 amide bonds. The molecule has 0 aliphatic carbocycles. The molecule has 0 aromatic carbocycles. The molecule has 102 valence electrons. The summed E-state index contributed by atoms with van der Waals surface area (Å²) >= 11 is 0. The van der Waals surface area contributed by atoms with Crippen LogP contribution in [0, 0.1) is 5.41 Å². The Kier molecular flexibility index (Phi) is 6.45. The first-order chi connectivity index (χ1) is 8.18. The van der Waals surface area contributed by atoms with Crippen LogP contribution in [-0.2, 0) is 0 Å². The average Bonchev–Trinajstić information content (AvgIpc) is 2.35. The van der Waals surface area contributed by atoms with E-state index in [4.69, 9.17) is 0 Å². The summed E-state index contributed by atoms with van der Waals surface area (Å²) in [6.07, 6.45) is 2.69. The van der Waals surface area contributed by atoms with Gasteiger partial charge in [-0.1, -0.05) is 20.8 Å². The van der Waals surface area contributed by atoms with Crippen LogP contribution in [0.2, 0.25) is 0 Å². The molecule has 0 aromatic heterocycles. The van der Waals surface area contributed by atoms with Crippen molar-refractivity contribution in [2.45, 2.75) is 33.6 Å². The first kappa shape index (κ1) is 14.9. The Morgan fingerprint density at radius 3 is 2.06 bits per heavy atom. The van der Waals surface area contributed by atoms with Crippen LogP contribution in [-0.4, -0.2) is 62.7 Å². The van der Waals surface area contributed by atoms with E-state index in [-0.39, 0.29) is 0 Å². The van der Waals surface area contributed by atoms with Gasteiger partial charge in [0.15, 0.2) is 0 Å². The maximum Gasteiger partial charge on any atom is 0.0110 e. The molecular formula is C14H31N3. The summed E-state index contributed by atoms with van der Waals surface area (Å²) in [5.74, 6) is 0. The third-order valence-electron chi connectivity index (χ3n) is 4.01. The van der Waals surface area contributed by atoms with E-state index in [1.165, 1.54) is 58.7 Å². The molecule has 0 atom stereocenters. The molecule has 0 aromatic rings.